The molecular formula is C9H12O3. The van der Waals surface area contributed by atoms with Crippen LogP contribution in [0, 0.1) is 0 Å². The molecule has 1 spiro atoms. The van der Waals surface area contributed by atoms with Crippen molar-refractivity contribution in [2.45, 2.75) is 25.0 Å². The first-order chi connectivity index (χ1) is 5.72. The number of hydrogen-bond acceptors (Lipinski definition) is 3. The van der Waals surface area contributed by atoms with Crippen LogP contribution >= 0.6 is 0 Å². The Morgan fingerprint density at radius 3 is 2.58 bits per heavy atom. The van der Waals surface area contributed by atoms with Gasteiger partial charge in [0, 0.05) is 19.3 Å². The molecule has 0 unspecified atom stereocenters. The zero-order valence-corrected chi connectivity index (χ0v) is 6.97. The summed E-state index contributed by atoms with van der Waals surface area (Å²) in [5.74, 6) is -0.343. The predicted octanol–water partition coefficient (Wildman–Crippen LogP) is 1.04. The molecule has 1 saturated heterocycles. The third-order valence-electron chi connectivity index (χ3n) is 2.42. The van der Waals surface area contributed by atoms with Gasteiger partial charge in [0.05, 0.1) is 13.2 Å². The first-order valence-electron chi connectivity index (χ1n) is 4.21. The van der Waals surface area contributed by atoms with Crippen LogP contribution in [-0.4, -0.2) is 24.8 Å². The van der Waals surface area contributed by atoms with Crippen LogP contribution < -0.4 is 0 Å². The number of rotatable bonds is 0. The van der Waals surface area contributed by atoms with E-state index in [4.69, 9.17) is 9.47 Å². The summed E-state index contributed by atoms with van der Waals surface area (Å²) in [4.78, 5) is 11.1. The highest BCUT2D eigenvalue weighted by Gasteiger charge is 2.41. The largest absolute Gasteiger partial charge is 0.347 e. The average Bonchev–Trinajstić information content (AvgIpc) is 2.47. The van der Waals surface area contributed by atoms with Crippen molar-refractivity contribution in [1.82, 2.24) is 0 Å². The maximum absolute atomic E-state index is 11.1. The molecule has 0 radical (unpaired) electrons. The Bertz CT molecular complexity index is 226. The fourth-order valence-electron chi connectivity index (χ4n) is 1.74. The molecule has 1 aliphatic carbocycles. The van der Waals surface area contributed by atoms with Crippen molar-refractivity contribution in [3.8, 4) is 0 Å². The molecule has 3 nitrogen and oxygen atoms in total. The van der Waals surface area contributed by atoms with Crippen molar-refractivity contribution in [3.05, 3.63) is 12.2 Å². The Kier molecular flexibility index (Phi) is 1.77. The van der Waals surface area contributed by atoms with Crippen molar-refractivity contribution in [1.29, 1.82) is 0 Å². The van der Waals surface area contributed by atoms with E-state index in [1.807, 2.05) is 0 Å². The van der Waals surface area contributed by atoms with E-state index in [9.17, 15) is 4.79 Å². The van der Waals surface area contributed by atoms with Gasteiger partial charge in [-0.15, -0.1) is 0 Å². The summed E-state index contributed by atoms with van der Waals surface area (Å²) in [7, 11) is 0. The lowest BCUT2D eigenvalue weighted by Crippen LogP contribution is -2.36. The normalized spacial score (nSPS) is 28.3. The lowest BCUT2D eigenvalue weighted by Gasteiger charge is -2.31. The van der Waals surface area contributed by atoms with Crippen molar-refractivity contribution >= 4 is 5.78 Å². The maximum Gasteiger partial charge on any atom is 0.173 e. The molecular weight excluding hydrogens is 156 g/mol. The van der Waals surface area contributed by atoms with E-state index in [2.05, 4.69) is 6.58 Å². The average molecular weight is 168 g/mol. The molecule has 66 valence electrons. The van der Waals surface area contributed by atoms with Gasteiger partial charge in [0.2, 0.25) is 0 Å². The lowest BCUT2D eigenvalue weighted by atomic mass is 9.89. The van der Waals surface area contributed by atoms with Crippen LogP contribution in [0.1, 0.15) is 19.3 Å². The molecule has 0 atom stereocenters. The van der Waals surface area contributed by atoms with Crippen LogP contribution in [0.3, 0.4) is 0 Å². The molecule has 0 aromatic carbocycles. The Balaban J connectivity index is 2.10. The van der Waals surface area contributed by atoms with Gasteiger partial charge in [0.1, 0.15) is 0 Å². The summed E-state index contributed by atoms with van der Waals surface area (Å²) in [6.45, 7) is 4.99. The molecule has 1 aliphatic heterocycles. The SMILES string of the molecule is C=C1CC2(CCC1=O)OCCO2. The van der Waals surface area contributed by atoms with E-state index in [0.29, 0.717) is 38.0 Å². The smallest absolute Gasteiger partial charge is 0.173 e. The van der Waals surface area contributed by atoms with E-state index in [1.54, 1.807) is 0 Å². The summed E-state index contributed by atoms with van der Waals surface area (Å²) in [5, 5.41) is 0. The van der Waals surface area contributed by atoms with Gasteiger partial charge in [-0.1, -0.05) is 6.58 Å². The topological polar surface area (TPSA) is 35.5 Å². The Morgan fingerprint density at radius 1 is 1.33 bits per heavy atom. The van der Waals surface area contributed by atoms with Crippen LogP contribution in [0.2, 0.25) is 0 Å². The maximum atomic E-state index is 11.1. The minimum atomic E-state index is -0.495. The minimum absolute atomic E-state index is 0.153. The second-order valence-electron chi connectivity index (χ2n) is 3.31. The van der Waals surface area contributed by atoms with Crippen molar-refractivity contribution in [2.75, 3.05) is 13.2 Å². The van der Waals surface area contributed by atoms with Crippen LogP contribution in [0.25, 0.3) is 0 Å². The molecule has 1 saturated carbocycles. The van der Waals surface area contributed by atoms with Gasteiger partial charge in [-0.05, 0) is 5.57 Å². The first-order valence-corrected chi connectivity index (χ1v) is 4.21. The van der Waals surface area contributed by atoms with Gasteiger partial charge in [0.15, 0.2) is 11.6 Å². The molecule has 3 heteroatoms. The molecule has 0 bridgehead atoms. The summed E-state index contributed by atoms with van der Waals surface area (Å²) < 4.78 is 10.9. The van der Waals surface area contributed by atoms with Crippen LogP contribution in [-0.2, 0) is 14.3 Å². The second kappa shape index (κ2) is 2.68. The Labute approximate surface area is 71.3 Å². The van der Waals surface area contributed by atoms with E-state index in [1.165, 1.54) is 0 Å². The number of carbonyl (C=O) groups excluding carboxylic acids is 1. The van der Waals surface area contributed by atoms with Gasteiger partial charge in [0.25, 0.3) is 0 Å². The standard InChI is InChI=1S/C9H12O3/c1-7-6-9(3-2-8(7)10)11-4-5-12-9/h1-6H2. The quantitative estimate of drug-likeness (QED) is 0.507. The molecule has 0 aromatic rings. The van der Waals surface area contributed by atoms with E-state index < -0.39 is 5.79 Å². The number of ketones is 1. The highest BCUT2D eigenvalue weighted by Crippen LogP contribution is 2.35. The van der Waals surface area contributed by atoms with E-state index in [-0.39, 0.29) is 5.78 Å². The molecule has 2 fully saturated rings. The first kappa shape index (κ1) is 7.95. The molecule has 12 heavy (non-hydrogen) atoms. The molecule has 1 heterocycles. The zero-order valence-electron chi connectivity index (χ0n) is 6.97. The molecule has 2 rings (SSSR count). The molecule has 0 amide bonds. The molecule has 2 aliphatic rings. The van der Waals surface area contributed by atoms with Crippen LogP contribution in [0.4, 0.5) is 0 Å². The van der Waals surface area contributed by atoms with Gasteiger partial charge in [-0.25, -0.2) is 0 Å². The number of hydrogen-bond donors (Lipinski definition) is 0. The fraction of sp³-hybridized carbons (Fsp3) is 0.667. The number of Topliss-reactive ketones (excluding diaryl/α,β-unsaturated/α-hetero) is 1. The van der Waals surface area contributed by atoms with Crippen molar-refractivity contribution < 1.29 is 14.3 Å². The van der Waals surface area contributed by atoms with Gasteiger partial charge < -0.3 is 9.47 Å². The number of carbonyl (C=O) groups is 1. The highest BCUT2D eigenvalue weighted by atomic mass is 16.7. The van der Waals surface area contributed by atoms with Gasteiger partial charge >= 0.3 is 0 Å². The van der Waals surface area contributed by atoms with Crippen LogP contribution in [0.15, 0.2) is 12.2 Å². The van der Waals surface area contributed by atoms with Crippen molar-refractivity contribution in [2.24, 2.45) is 0 Å². The fourth-order valence-corrected chi connectivity index (χ4v) is 1.74. The molecule has 0 N–H and O–H groups in total. The molecule has 0 aromatic heterocycles. The van der Waals surface area contributed by atoms with Gasteiger partial charge in [-0.3, -0.25) is 4.79 Å². The van der Waals surface area contributed by atoms with Crippen LogP contribution in [0.5, 0.6) is 0 Å². The summed E-state index contributed by atoms with van der Waals surface area (Å²) >= 11 is 0. The third kappa shape index (κ3) is 1.19. The third-order valence-corrected chi connectivity index (χ3v) is 2.42. The summed E-state index contributed by atoms with van der Waals surface area (Å²) in [6.07, 6.45) is 1.75. The summed E-state index contributed by atoms with van der Waals surface area (Å²) in [5.41, 5.74) is 0.642. The lowest BCUT2D eigenvalue weighted by molar-refractivity contribution is -0.170. The zero-order chi connectivity index (χ0) is 8.60. The highest BCUT2D eigenvalue weighted by molar-refractivity contribution is 5.95. The second-order valence-corrected chi connectivity index (χ2v) is 3.31. The van der Waals surface area contributed by atoms with E-state index >= 15 is 0 Å². The van der Waals surface area contributed by atoms with Gasteiger partial charge in [-0.2, -0.15) is 0 Å². The van der Waals surface area contributed by atoms with E-state index in [0.717, 1.165) is 0 Å². The van der Waals surface area contributed by atoms with Crippen molar-refractivity contribution in [3.63, 3.8) is 0 Å². The Morgan fingerprint density at radius 2 is 2.00 bits per heavy atom. The summed E-state index contributed by atoms with van der Waals surface area (Å²) in [6, 6.07) is 0. The Hall–Kier alpha value is -0.670. The minimum Gasteiger partial charge on any atom is -0.347 e. The monoisotopic (exact) mass is 168 g/mol. The number of ether oxygens (including phenoxy) is 2. The predicted molar refractivity (Wildman–Crippen MR) is 42.6 cm³/mol.